The molecule has 2 saturated carbocycles. The van der Waals surface area contributed by atoms with Gasteiger partial charge in [0.2, 0.25) is 0 Å². The van der Waals surface area contributed by atoms with Crippen molar-refractivity contribution in [1.29, 1.82) is 0 Å². The zero-order valence-corrected chi connectivity index (χ0v) is 14.3. The van der Waals surface area contributed by atoms with Crippen LogP contribution in [0, 0.1) is 17.8 Å². The quantitative estimate of drug-likeness (QED) is 0.694. The molecule has 2 aliphatic carbocycles. The Hall–Kier alpha value is -0.160. The number of likely N-dealkylation sites (N-methyl/N-ethyl adjacent to an activating group) is 1. The Bertz CT molecular complexity index is 331. The van der Waals surface area contributed by atoms with Gasteiger partial charge in [0, 0.05) is 39.3 Å². The third-order valence-electron chi connectivity index (χ3n) is 6.21. The molecule has 22 heavy (non-hydrogen) atoms. The number of piperazine rings is 1. The predicted octanol–water partition coefficient (Wildman–Crippen LogP) is 1.83. The van der Waals surface area contributed by atoms with Crippen LogP contribution in [0.1, 0.15) is 39.0 Å². The zero-order valence-electron chi connectivity index (χ0n) is 14.3. The molecule has 0 amide bonds. The van der Waals surface area contributed by atoms with Crippen LogP contribution in [0.15, 0.2) is 0 Å². The van der Waals surface area contributed by atoms with Crippen molar-refractivity contribution >= 4 is 0 Å². The number of rotatable bonds is 8. The topological polar surface area (TPSA) is 35.9 Å². The molecule has 0 aromatic carbocycles. The van der Waals surface area contributed by atoms with E-state index in [2.05, 4.69) is 16.7 Å². The summed E-state index contributed by atoms with van der Waals surface area (Å²) in [6.07, 6.45) is 6.75. The Morgan fingerprint density at radius 3 is 2.50 bits per heavy atom. The van der Waals surface area contributed by atoms with Gasteiger partial charge in [-0.25, -0.2) is 0 Å². The Morgan fingerprint density at radius 2 is 1.86 bits per heavy atom. The average Bonchev–Trinajstić information content (AvgIpc) is 3.15. The molecular formula is C18H34N2O2. The standard InChI is InChI=1S/C18H34N2O2/c1-2-19-6-8-20(9-7-19)13-18(21)14-22-10-5-17-12-15-3-4-16(17)11-15/h15-18,21H,2-14H2,1H3. The normalized spacial score (nSPS) is 34.4. The molecule has 4 nitrogen and oxygen atoms in total. The molecule has 4 heteroatoms. The van der Waals surface area contributed by atoms with Crippen LogP contribution in [0.3, 0.4) is 0 Å². The molecule has 1 heterocycles. The molecule has 0 spiro atoms. The highest BCUT2D eigenvalue weighted by molar-refractivity contribution is 4.89. The summed E-state index contributed by atoms with van der Waals surface area (Å²) in [5.74, 6) is 2.94. The number of nitrogens with zero attached hydrogens (tertiary/aromatic N) is 2. The smallest absolute Gasteiger partial charge is 0.0900 e. The van der Waals surface area contributed by atoms with E-state index < -0.39 is 0 Å². The largest absolute Gasteiger partial charge is 0.389 e. The number of β-amino-alcohol motifs (C(OH)–C–C–N with tert-alkyl or cyclic N) is 1. The first kappa shape index (κ1) is 16.7. The molecule has 3 aliphatic rings. The summed E-state index contributed by atoms with van der Waals surface area (Å²) in [6.45, 7) is 9.90. The summed E-state index contributed by atoms with van der Waals surface area (Å²) >= 11 is 0. The lowest BCUT2D eigenvalue weighted by Gasteiger charge is -2.34. The highest BCUT2D eigenvalue weighted by Crippen LogP contribution is 2.49. The second-order valence-electron chi connectivity index (χ2n) is 7.69. The first-order valence-corrected chi connectivity index (χ1v) is 9.45. The molecular weight excluding hydrogens is 276 g/mol. The fourth-order valence-corrected chi connectivity index (χ4v) is 4.82. The molecule has 3 rings (SSSR count). The number of hydrogen-bond acceptors (Lipinski definition) is 4. The molecule has 0 aromatic heterocycles. The molecule has 2 bridgehead atoms. The predicted molar refractivity (Wildman–Crippen MR) is 88.9 cm³/mol. The highest BCUT2D eigenvalue weighted by atomic mass is 16.5. The van der Waals surface area contributed by atoms with Gasteiger partial charge < -0.3 is 14.7 Å². The molecule has 128 valence electrons. The van der Waals surface area contributed by atoms with Crippen molar-refractivity contribution in [3.8, 4) is 0 Å². The SMILES string of the molecule is CCN1CCN(CC(O)COCCC2CC3CCC2C3)CC1. The summed E-state index contributed by atoms with van der Waals surface area (Å²) < 4.78 is 5.76. The van der Waals surface area contributed by atoms with Crippen molar-refractivity contribution in [2.75, 3.05) is 52.5 Å². The third kappa shape index (κ3) is 4.44. The Balaban J connectivity index is 1.23. The van der Waals surface area contributed by atoms with Crippen molar-refractivity contribution in [3.05, 3.63) is 0 Å². The summed E-state index contributed by atoms with van der Waals surface area (Å²) in [6, 6.07) is 0. The van der Waals surface area contributed by atoms with E-state index in [1.165, 1.54) is 32.1 Å². The maximum Gasteiger partial charge on any atom is 0.0900 e. The van der Waals surface area contributed by atoms with Gasteiger partial charge in [-0.3, -0.25) is 4.90 Å². The van der Waals surface area contributed by atoms with Gasteiger partial charge in [0.25, 0.3) is 0 Å². The fraction of sp³-hybridized carbons (Fsp3) is 1.00. The summed E-state index contributed by atoms with van der Waals surface area (Å²) in [5, 5.41) is 10.1. The number of fused-ring (bicyclic) bond motifs is 2. The van der Waals surface area contributed by atoms with Crippen molar-refractivity contribution in [3.63, 3.8) is 0 Å². The second kappa shape index (κ2) is 8.09. The molecule has 3 fully saturated rings. The molecule has 0 radical (unpaired) electrons. The van der Waals surface area contributed by atoms with Crippen LogP contribution in [-0.2, 0) is 4.74 Å². The number of hydrogen-bond donors (Lipinski definition) is 1. The minimum Gasteiger partial charge on any atom is -0.389 e. The van der Waals surface area contributed by atoms with E-state index in [0.717, 1.165) is 63.6 Å². The average molecular weight is 310 g/mol. The van der Waals surface area contributed by atoms with E-state index >= 15 is 0 Å². The highest BCUT2D eigenvalue weighted by Gasteiger charge is 2.38. The van der Waals surface area contributed by atoms with E-state index in [1.54, 1.807) is 0 Å². The van der Waals surface area contributed by atoms with Gasteiger partial charge in [0.05, 0.1) is 12.7 Å². The van der Waals surface area contributed by atoms with E-state index in [1.807, 2.05) is 0 Å². The van der Waals surface area contributed by atoms with Gasteiger partial charge in [0.15, 0.2) is 0 Å². The molecule has 4 unspecified atom stereocenters. The van der Waals surface area contributed by atoms with Crippen LogP contribution in [0.25, 0.3) is 0 Å². The summed E-state index contributed by atoms with van der Waals surface area (Å²) in [7, 11) is 0. The Morgan fingerprint density at radius 1 is 1.09 bits per heavy atom. The minimum absolute atomic E-state index is 0.326. The monoisotopic (exact) mass is 310 g/mol. The van der Waals surface area contributed by atoms with Gasteiger partial charge in [-0.15, -0.1) is 0 Å². The summed E-state index contributed by atoms with van der Waals surface area (Å²) in [5.41, 5.74) is 0. The van der Waals surface area contributed by atoms with Gasteiger partial charge >= 0.3 is 0 Å². The number of aliphatic hydroxyl groups is 1. The summed E-state index contributed by atoms with van der Waals surface area (Å²) in [4.78, 5) is 4.84. The first-order chi connectivity index (χ1) is 10.7. The molecule has 1 aliphatic heterocycles. The van der Waals surface area contributed by atoms with Gasteiger partial charge in [0.1, 0.15) is 0 Å². The van der Waals surface area contributed by atoms with Crippen LogP contribution in [0.4, 0.5) is 0 Å². The lowest BCUT2D eigenvalue weighted by atomic mass is 9.87. The van der Waals surface area contributed by atoms with Gasteiger partial charge in [-0.2, -0.15) is 0 Å². The fourth-order valence-electron chi connectivity index (χ4n) is 4.82. The van der Waals surface area contributed by atoms with Crippen molar-refractivity contribution in [2.45, 2.75) is 45.1 Å². The lowest BCUT2D eigenvalue weighted by Crippen LogP contribution is -2.48. The third-order valence-corrected chi connectivity index (χ3v) is 6.21. The molecule has 1 saturated heterocycles. The lowest BCUT2D eigenvalue weighted by molar-refractivity contribution is 0.00276. The van der Waals surface area contributed by atoms with E-state index in [-0.39, 0.29) is 6.10 Å². The molecule has 4 atom stereocenters. The van der Waals surface area contributed by atoms with E-state index in [4.69, 9.17) is 4.74 Å². The second-order valence-corrected chi connectivity index (χ2v) is 7.69. The molecule has 1 N–H and O–H groups in total. The maximum absolute atomic E-state index is 10.1. The van der Waals surface area contributed by atoms with Crippen molar-refractivity contribution < 1.29 is 9.84 Å². The number of aliphatic hydroxyl groups excluding tert-OH is 1. The van der Waals surface area contributed by atoms with Gasteiger partial charge in [-0.05, 0) is 50.0 Å². The first-order valence-electron chi connectivity index (χ1n) is 9.45. The van der Waals surface area contributed by atoms with Crippen LogP contribution >= 0.6 is 0 Å². The minimum atomic E-state index is -0.326. The van der Waals surface area contributed by atoms with Crippen molar-refractivity contribution in [1.82, 2.24) is 9.80 Å². The van der Waals surface area contributed by atoms with Crippen LogP contribution in [-0.4, -0.2) is 73.5 Å². The van der Waals surface area contributed by atoms with Crippen LogP contribution < -0.4 is 0 Å². The zero-order chi connectivity index (χ0) is 15.4. The Kier molecular flexibility index (Phi) is 6.14. The van der Waals surface area contributed by atoms with E-state index in [0.29, 0.717) is 6.61 Å². The molecule has 0 aromatic rings. The van der Waals surface area contributed by atoms with Crippen LogP contribution in [0.2, 0.25) is 0 Å². The van der Waals surface area contributed by atoms with Crippen LogP contribution in [0.5, 0.6) is 0 Å². The maximum atomic E-state index is 10.1. The number of ether oxygens (including phenoxy) is 1. The van der Waals surface area contributed by atoms with Gasteiger partial charge in [-0.1, -0.05) is 13.3 Å². The van der Waals surface area contributed by atoms with Crippen molar-refractivity contribution in [2.24, 2.45) is 17.8 Å². The van der Waals surface area contributed by atoms with E-state index in [9.17, 15) is 5.11 Å². The Labute approximate surface area is 135 Å².